The number of sulfonamides is 1. The van der Waals surface area contributed by atoms with Crippen molar-refractivity contribution in [2.24, 2.45) is 11.1 Å². The van der Waals surface area contributed by atoms with Crippen LogP contribution in [0.25, 0.3) is 21.8 Å². The third-order valence-electron chi connectivity index (χ3n) is 7.98. The topological polar surface area (TPSA) is 104 Å². The number of thiazole rings is 1. The van der Waals surface area contributed by atoms with Crippen molar-refractivity contribution in [1.82, 2.24) is 9.55 Å². The maximum absolute atomic E-state index is 15.0. The molecule has 7 nitrogen and oxygen atoms in total. The minimum absolute atomic E-state index is 0.258. The van der Waals surface area contributed by atoms with E-state index in [1.807, 2.05) is 37.3 Å². The fraction of sp³-hybridized carbons (Fsp3) is 0.278. The predicted molar refractivity (Wildman–Crippen MR) is 185 cm³/mol. The Morgan fingerprint density at radius 2 is 1.89 bits per heavy atom. The first-order chi connectivity index (χ1) is 22.5. The van der Waals surface area contributed by atoms with E-state index in [1.54, 1.807) is 24.3 Å². The zero-order valence-electron chi connectivity index (χ0n) is 26.3. The Kier molecular flexibility index (Phi) is 9.48. The average molecular weight is 688 g/mol. The van der Waals surface area contributed by atoms with Gasteiger partial charge in [0.2, 0.25) is 10.0 Å². The third-order valence-corrected chi connectivity index (χ3v) is 11.1. The molecular weight excluding hydrogens is 654 g/mol. The summed E-state index contributed by atoms with van der Waals surface area (Å²) in [5.74, 6) is 5.72. The molecule has 47 heavy (non-hydrogen) atoms. The first kappa shape index (κ1) is 32.8. The van der Waals surface area contributed by atoms with Gasteiger partial charge in [-0.2, -0.15) is 0 Å². The van der Waals surface area contributed by atoms with E-state index in [1.165, 1.54) is 28.3 Å². The van der Waals surface area contributed by atoms with E-state index in [-0.39, 0.29) is 13.2 Å². The first-order valence-corrected chi connectivity index (χ1v) is 18.6. The normalized spacial score (nSPS) is 13.0. The number of halogens is 1. The van der Waals surface area contributed by atoms with Crippen molar-refractivity contribution in [3.8, 4) is 33.7 Å². The van der Waals surface area contributed by atoms with Gasteiger partial charge in [-0.25, -0.2) is 27.7 Å². The van der Waals surface area contributed by atoms with Crippen molar-refractivity contribution in [2.75, 3.05) is 6.61 Å². The molecule has 11 heteroatoms. The molecule has 3 aromatic heterocycles. The van der Waals surface area contributed by atoms with Crippen LogP contribution in [0.15, 0.2) is 65.6 Å². The number of aryl methyl sites for hydroxylation is 2. The number of hydrogen-bond donors (Lipinski definition) is 1. The highest BCUT2D eigenvalue weighted by molar-refractivity contribution is 7.89. The zero-order valence-corrected chi connectivity index (χ0v) is 28.8. The number of hydrogen-bond acceptors (Lipinski definition) is 7. The summed E-state index contributed by atoms with van der Waals surface area (Å²) in [6.45, 7) is 6.35. The number of esters is 1. The van der Waals surface area contributed by atoms with Crippen LogP contribution in [0.4, 0.5) is 4.39 Å². The smallest absolute Gasteiger partial charge is 0.358 e. The molecular formula is C36H34FN3O4S3. The van der Waals surface area contributed by atoms with Crippen molar-refractivity contribution in [2.45, 2.75) is 57.9 Å². The standard InChI is InChI=1S/C36H34FN3O4S3/c1-4-32-34(36(41)44-5-2)39-35(46-32)28-20-30(26-8-6-7-23(17-26)12-15-27-14-9-22(3)45-27)40(31(28)19-24-10-11-24)21-25-13-16-33(29(37)18-25)47(38,42)43/h6-9,13-14,16-18,20,24H,4-5,10-11,19,21H2,1-3H3,(H2,38,42,43). The summed E-state index contributed by atoms with van der Waals surface area (Å²) >= 11 is 3.13. The number of rotatable bonds is 10. The molecule has 0 atom stereocenters. The molecule has 2 aromatic carbocycles. The van der Waals surface area contributed by atoms with Crippen LogP contribution in [0.3, 0.4) is 0 Å². The molecule has 0 radical (unpaired) electrons. The Balaban J connectivity index is 1.51. The van der Waals surface area contributed by atoms with E-state index < -0.39 is 26.7 Å². The maximum Gasteiger partial charge on any atom is 0.358 e. The van der Waals surface area contributed by atoms with Crippen molar-refractivity contribution in [3.05, 3.63) is 104 Å². The number of nitrogens with two attached hydrogens (primary N) is 1. The summed E-state index contributed by atoms with van der Waals surface area (Å²) in [7, 11) is -4.21. The molecule has 2 N–H and O–H groups in total. The number of aromatic nitrogens is 2. The fourth-order valence-electron chi connectivity index (χ4n) is 5.52. The van der Waals surface area contributed by atoms with Gasteiger partial charge in [0.25, 0.3) is 0 Å². The summed E-state index contributed by atoms with van der Waals surface area (Å²) in [5, 5.41) is 5.96. The molecule has 0 aliphatic heterocycles. The molecule has 0 saturated heterocycles. The SMILES string of the molecule is CCOC(=O)c1nc(-c2cc(-c3cccc(C#Cc4ccc(C)s4)c3)n(Cc3ccc(S(N)(=O)=O)c(F)c3)c2CC2CC2)sc1CC. The Hall–Kier alpha value is -4.08. The Labute approximate surface area is 282 Å². The van der Waals surface area contributed by atoms with Crippen molar-refractivity contribution < 1.29 is 22.3 Å². The van der Waals surface area contributed by atoms with E-state index in [0.717, 1.165) is 62.1 Å². The lowest BCUT2D eigenvalue weighted by Crippen LogP contribution is -2.14. The molecule has 242 valence electrons. The lowest BCUT2D eigenvalue weighted by molar-refractivity contribution is 0.0519. The number of thiophene rings is 1. The van der Waals surface area contributed by atoms with Gasteiger partial charge >= 0.3 is 5.97 Å². The summed E-state index contributed by atoms with van der Waals surface area (Å²) in [6.07, 6.45) is 3.63. The van der Waals surface area contributed by atoms with Crippen LogP contribution < -0.4 is 5.14 Å². The van der Waals surface area contributed by atoms with Crippen LogP contribution in [-0.2, 0) is 34.1 Å². The molecule has 0 spiro atoms. The Morgan fingerprint density at radius 3 is 2.55 bits per heavy atom. The van der Waals surface area contributed by atoms with E-state index in [9.17, 15) is 13.2 Å². The quantitative estimate of drug-likeness (QED) is 0.121. The van der Waals surface area contributed by atoms with E-state index in [2.05, 4.69) is 35.5 Å². The summed E-state index contributed by atoms with van der Waals surface area (Å²) < 4.78 is 46.3. The number of nitrogens with zero attached hydrogens (tertiary/aromatic N) is 2. The van der Waals surface area contributed by atoms with Gasteiger partial charge in [0.05, 0.1) is 11.5 Å². The second kappa shape index (κ2) is 13.6. The first-order valence-electron chi connectivity index (χ1n) is 15.4. The van der Waals surface area contributed by atoms with Gasteiger partial charge < -0.3 is 9.30 Å². The fourth-order valence-corrected chi connectivity index (χ4v) is 7.86. The summed E-state index contributed by atoms with van der Waals surface area (Å²) in [5.41, 5.74) is 5.50. The molecule has 0 amide bonds. The molecule has 1 aliphatic carbocycles. The monoisotopic (exact) mass is 687 g/mol. The Morgan fingerprint density at radius 1 is 1.09 bits per heavy atom. The largest absolute Gasteiger partial charge is 0.461 e. The number of benzene rings is 2. The number of carbonyl (C=O) groups is 1. The van der Waals surface area contributed by atoms with Gasteiger partial charge in [-0.15, -0.1) is 22.7 Å². The molecule has 1 aliphatic rings. The Bertz CT molecular complexity index is 2150. The van der Waals surface area contributed by atoms with Gasteiger partial charge in [0, 0.05) is 38.8 Å². The average Bonchev–Trinajstić information content (AvgIpc) is 3.42. The van der Waals surface area contributed by atoms with Gasteiger partial charge in [-0.1, -0.05) is 37.0 Å². The van der Waals surface area contributed by atoms with Crippen molar-refractivity contribution >= 4 is 38.7 Å². The predicted octanol–water partition coefficient (Wildman–Crippen LogP) is 7.57. The second-order valence-corrected chi connectivity index (χ2v) is 15.4. The number of primary sulfonamides is 1. The summed E-state index contributed by atoms with van der Waals surface area (Å²) in [6, 6.07) is 18.2. The van der Waals surface area contributed by atoms with E-state index in [0.29, 0.717) is 23.6 Å². The molecule has 1 fully saturated rings. The molecule has 0 bridgehead atoms. The van der Waals surface area contributed by atoms with Crippen LogP contribution in [0, 0.1) is 30.5 Å². The zero-order chi connectivity index (χ0) is 33.3. The molecule has 0 unspecified atom stereocenters. The van der Waals surface area contributed by atoms with E-state index in [4.69, 9.17) is 14.9 Å². The van der Waals surface area contributed by atoms with Gasteiger partial charge in [-0.05, 0) is 99.0 Å². The van der Waals surface area contributed by atoms with Crippen LogP contribution in [0.2, 0.25) is 0 Å². The minimum Gasteiger partial charge on any atom is -0.461 e. The number of carbonyl (C=O) groups excluding carboxylic acids is 1. The molecule has 6 rings (SSSR count). The molecule has 3 heterocycles. The van der Waals surface area contributed by atoms with Crippen LogP contribution in [0.5, 0.6) is 0 Å². The summed E-state index contributed by atoms with van der Waals surface area (Å²) in [4.78, 5) is 20.1. The maximum atomic E-state index is 15.0. The lowest BCUT2D eigenvalue weighted by Gasteiger charge is -2.16. The van der Waals surface area contributed by atoms with Gasteiger partial charge in [0.15, 0.2) is 5.69 Å². The van der Waals surface area contributed by atoms with Crippen LogP contribution in [0.1, 0.15) is 68.6 Å². The molecule has 1 saturated carbocycles. The van der Waals surface area contributed by atoms with Crippen LogP contribution in [-0.4, -0.2) is 30.5 Å². The third kappa shape index (κ3) is 7.41. The van der Waals surface area contributed by atoms with Gasteiger partial charge in [0.1, 0.15) is 15.7 Å². The van der Waals surface area contributed by atoms with Crippen molar-refractivity contribution in [3.63, 3.8) is 0 Å². The highest BCUT2D eigenvalue weighted by atomic mass is 32.2. The second-order valence-electron chi connectivity index (χ2n) is 11.5. The van der Waals surface area contributed by atoms with Gasteiger partial charge in [-0.3, -0.25) is 0 Å². The highest BCUT2D eigenvalue weighted by Gasteiger charge is 2.29. The minimum atomic E-state index is -4.21. The lowest BCUT2D eigenvalue weighted by atomic mass is 10.1. The molecule has 5 aromatic rings. The van der Waals surface area contributed by atoms with Crippen molar-refractivity contribution in [1.29, 1.82) is 0 Å². The highest BCUT2D eigenvalue weighted by Crippen LogP contribution is 2.42. The van der Waals surface area contributed by atoms with Crippen LogP contribution >= 0.6 is 22.7 Å². The number of ether oxygens (including phenoxy) is 1. The van der Waals surface area contributed by atoms with E-state index >= 15 is 4.39 Å².